The summed E-state index contributed by atoms with van der Waals surface area (Å²) in [5.74, 6) is 2.41. The second-order valence-corrected chi connectivity index (χ2v) is 3.82. The highest BCUT2D eigenvalue weighted by Crippen LogP contribution is 2.20. The van der Waals surface area contributed by atoms with E-state index in [9.17, 15) is 0 Å². The fourth-order valence-electron chi connectivity index (χ4n) is 1.00. The zero-order valence-corrected chi connectivity index (χ0v) is 7.19. The van der Waals surface area contributed by atoms with Crippen LogP contribution in [0, 0.1) is 0 Å². The van der Waals surface area contributed by atoms with Crippen molar-refractivity contribution >= 4 is 11.8 Å². The van der Waals surface area contributed by atoms with Gasteiger partial charge in [-0.2, -0.15) is 11.8 Å². The lowest BCUT2D eigenvalue weighted by atomic mass is 10.3. The summed E-state index contributed by atoms with van der Waals surface area (Å²) in [5, 5.41) is 0. The molecule has 0 aromatic heterocycles. The first-order chi connectivity index (χ1) is 4.83. The Morgan fingerprint density at radius 2 is 2.60 bits per heavy atom. The van der Waals surface area contributed by atoms with Crippen molar-refractivity contribution in [2.24, 2.45) is 5.73 Å². The van der Waals surface area contributed by atoms with Crippen LogP contribution in [0.2, 0.25) is 0 Å². The average Bonchev–Trinajstić information content (AvgIpc) is 2.40. The maximum Gasteiger partial charge on any atom is 0.0677 e. The van der Waals surface area contributed by atoms with Gasteiger partial charge in [0.25, 0.3) is 0 Å². The predicted molar refractivity (Wildman–Crippen MR) is 45.3 cm³/mol. The lowest BCUT2D eigenvalue weighted by Gasteiger charge is -2.15. The molecule has 1 heterocycles. The molecular weight excluding hydrogens is 146 g/mol. The van der Waals surface area contributed by atoms with Crippen molar-refractivity contribution in [3.05, 3.63) is 0 Å². The number of hydrogen-bond acceptors (Lipinski definition) is 3. The van der Waals surface area contributed by atoms with Gasteiger partial charge in [0, 0.05) is 12.3 Å². The summed E-state index contributed by atoms with van der Waals surface area (Å²) in [4.78, 5) is 0. The van der Waals surface area contributed by atoms with Gasteiger partial charge in [-0.1, -0.05) is 0 Å². The number of hydrogen-bond donors (Lipinski definition) is 1. The summed E-state index contributed by atoms with van der Waals surface area (Å²) in [7, 11) is 0. The van der Waals surface area contributed by atoms with Crippen LogP contribution in [0.5, 0.6) is 0 Å². The van der Waals surface area contributed by atoms with Crippen molar-refractivity contribution in [1.82, 2.24) is 0 Å². The molecule has 1 aliphatic heterocycles. The van der Waals surface area contributed by atoms with Gasteiger partial charge in [-0.3, -0.25) is 0 Å². The van der Waals surface area contributed by atoms with Crippen LogP contribution >= 0.6 is 11.8 Å². The van der Waals surface area contributed by atoms with E-state index < -0.39 is 0 Å². The predicted octanol–water partition coefficient (Wildman–Crippen LogP) is 0.856. The normalized spacial score (nSPS) is 28.8. The van der Waals surface area contributed by atoms with Crippen LogP contribution in [0.1, 0.15) is 13.3 Å². The molecule has 10 heavy (non-hydrogen) atoms. The smallest absolute Gasteiger partial charge is 0.0677 e. The van der Waals surface area contributed by atoms with Crippen molar-refractivity contribution in [2.75, 3.05) is 18.1 Å². The molecule has 1 rings (SSSR count). The average molecular weight is 161 g/mol. The molecule has 0 aromatic rings. The zero-order chi connectivity index (χ0) is 7.40. The monoisotopic (exact) mass is 161 g/mol. The molecule has 1 aliphatic rings. The third kappa shape index (κ3) is 2.48. The van der Waals surface area contributed by atoms with Gasteiger partial charge in [0.2, 0.25) is 0 Å². The van der Waals surface area contributed by atoms with Gasteiger partial charge in [-0.15, -0.1) is 0 Å². The molecule has 0 amide bonds. The van der Waals surface area contributed by atoms with Gasteiger partial charge in [0.15, 0.2) is 0 Å². The van der Waals surface area contributed by atoms with E-state index >= 15 is 0 Å². The standard InChI is InChI=1S/C7H15NOS/c1-6(4-8)9-7-2-3-10-5-7/h6-7H,2-5,8H2,1H3. The van der Waals surface area contributed by atoms with Crippen LogP contribution < -0.4 is 5.73 Å². The molecule has 2 unspecified atom stereocenters. The van der Waals surface area contributed by atoms with Crippen molar-refractivity contribution in [3.8, 4) is 0 Å². The minimum Gasteiger partial charge on any atom is -0.373 e. The minimum absolute atomic E-state index is 0.240. The van der Waals surface area contributed by atoms with Crippen molar-refractivity contribution in [2.45, 2.75) is 25.6 Å². The summed E-state index contributed by atoms with van der Waals surface area (Å²) >= 11 is 1.97. The summed E-state index contributed by atoms with van der Waals surface area (Å²) < 4.78 is 5.61. The van der Waals surface area contributed by atoms with E-state index in [0.717, 1.165) is 5.75 Å². The molecule has 0 saturated carbocycles. The van der Waals surface area contributed by atoms with Crippen molar-refractivity contribution < 1.29 is 4.74 Å². The summed E-state index contributed by atoms with van der Waals surface area (Å²) in [5.41, 5.74) is 5.42. The number of nitrogens with two attached hydrogens (primary N) is 1. The molecule has 2 atom stereocenters. The van der Waals surface area contributed by atoms with Crippen LogP contribution in [0.4, 0.5) is 0 Å². The largest absolute Gasteiger partial charge is 0.373 e. The second kappa shape index (κ2) is 4.21. The molecule has 0 spiro atoms. The zero-order valence-electron chi connectivity index (χ0n) is 6.38. The van der Waals surface area contributed by atoms with E-state index in [1.54, 1.807) is 0 Å². The second-order valence-electron chi connectivity index (χ2n) is 2.67. The van der Waals surface area contributed by atoms with E-state index in [-0.39, 0.29) is 6.10 Å². The topological polar surface area (TPSA) is 35.2 Å². The quantitative estimate of drug-likeness (QED) is 0.666. The molecule has 0 bridgehead atoms. The summed E-state index contributed by atoms with van der Waals surface area (Å²) in [6.45, 7) is 2.67. The summed E-state index contributed by atoms with van der Waals surface area (Å²) in [6, 6.07) is 0. The minimum atomic E-state index is 0.240. The van der Waals surface area contributed by atoms with Gasteiger partial charge in [0.05, 0.1) is 12.2 Å². The van der Waals surface area contributed by atoms with Crippen LogP contribution in [0.15, 0.2) is 0 Å². The van der Waals surface area contributed by atoms with E-state index in [2.05, 4.69) is 0 Å². The van der Waals surface area contributed by atoms with Crippen molar-refractivity contribution in [3.63, 3.8) is 0 Å². The Kier molecular flexibility index (Phi) is 3.52. The molecule has 60 valence electrons. The Bertz CT molecular complexity index is 93.6. The molecule has 2 N–H and O–H groups in total. The molecule has 0 aromatic carbocycles. The Labute approximate surface area is 66.5 Å². The lowest BCUT2D eigenvalue weighted by molar-refractivity contribution is 0.0182. The highest BCUT2D eigenvalue weighted by molar-refractivity contribution is 7.99. The van der Waals surface area contributed by atoms with Gasteiger partial charge < -0.3 is 10.5 Å². The van der Waals surface area contributed by atoms with Gasteiger partial charge in [-0.05, 0) is 19.1 Å². The maximum atomic E-state index is 5.61. The summed E-state index contributed by atoms with van der Waals surface area (Å²) in [6.07, 6.45) is 1.92. The van der Waals surface area contributed by atoms with E-state index in [1.165, 1.54) is 12.2 Å². The van der Waals surface area contributed by atoms with Crippen LogP contribution in [-0.2, 0) is 4.74 Å². The fourth-order valence-corrected chi connectivity index (χ4v) is 2.11. The molecule has 3 heteroatoms. The highest BCUT2D eigenvalue weighted by atomic mass is 32.2. The molecule has 0 radical (unpaired) electrons. The van der Waals surface area contributed by atoms with Crippen LogP contribution in [0.25, 0.3) is 0 Å². The Morgan fingerprint density at radius 3 is 3.10 bits per heavy atom. The van der Waals surface area contributed by atoms with E-state index in [1.807, 2.05) is 18.7 Å². The molecule has 1 fully saturated rings. The van der Waals surface area contributed by atoms with Gasteiger partial charge >= 0.3 is 0 Å². The maximum absolute atomic E-state index is 5.61. The Balaban J connectivity index is 2.11. The third-order valence-electron chi connectivity index (χ3n) is 1.64. The van der Waals surface area contributed by atoms with Crippen LogP contribution in [-0.4, -0.2) is 30.3 Å². The molecular formula is C7H15NOS. The Hall–Kier alpha value is 0.270. The van der Waals surface area contributed by atoms with Gasteiger partial charge in [0.1, 0.15) is 0 Å². The number of rotatable bonds is 3. The molecule has 0 aliphatic carbocycles. The molecule has 1 saturated heterocycles. The number of ether oxygens (including phenoxy) is 1. The first-order valence-electron chi connectivity index (χ1n) is 3.76. The van der Waals surface area contributed by atoms with Gasteiger partial charge in [-0.25, -0.2) is 0 Å². The third-order valence-corrected chi connectivity index (χ3v) is 2.78. The highest BCUT2D eigenvalue weighted by Gasteiger charge is 2.17. The van der Waals surface area contributed by atoms with Crippen LogP contribution in [0.3, 0.4) is 0 Å². The first kappa shape index (κ1) is 8.37. The SMILES string of the molecule is CC(CN)OC1CCSC1. The van der Waals surface area contributed by atoms with E-state index in [0.29, 0.717) is 12.6 Å². The molecule has 2 nitrogen and oxygen atoms in total. The first-order valence-corrected chi connectivity index (χ1v) is 4.91. The lowest BCUT2D eigenvalue weighted by Crippen LogP contribution is -2.26. The number of thioether (sulfide) groups is 1. The van der Waals surface area contributed by atoms with E-state index in [4.69, 9.17) is 10.5 Å². The Morgan fingerprint density at radius 1 is 1.80 bits per heavy atom. The van der Waals surface area contributed by atoms with Crippen molar-refractivity contribution in [1.29, 1.82) is 0 Å². The fraction of sp³-hybridized carbons (Fsp3) is 1.00.